The molecule has 0 N–H and O–H groups in total. The SMILES string of the molecule is [2H]C([2H])([2H])c1ccc(N2c3cc(N(c4ccccc4)c4ccccc4)cc4c3B(c3oc5ccc(C(C)(C)C)cc5c3N4c3ccc(C)cc3)c3oc4ccc(C(C)(C)C)cc4c32)cc1. The van der Waals surface area contributed by atoms with Crippen LogP contribution < -0.4 is 31.5 Å². The predicted octanol–water partition coefficient (Wildman–Crippen LogP) is 13.9. The zero-order valence-corrected chi connectivity index (χ0v) is 36.2. The van der Waals surface area contributed by atoms with Gasteiger partial charge in [-0.05, 0) is 126 Å². The molecule has 0 saturated heterocycles. The molecule has 0 bridgehead atoms. The molecule has 6 heteroatoms. The molecule has 7 aromatic carbocycles. The van der Waals surface area contributed by atoms with Crippen molar-refractivity contribution in [2.45, 2.75) is 66.1 Å². The van der Waals surface area contributed by atoms with Crippen molar-refractivity contribution in [2.24, 2.45) is 0 Å². The number of anilines is 9. The molecular weight excluding hydrogens is 757 g/mol. The number of benzene rings is 7. The summed E-state index contributed by atoms with van der Waals surface area (Å²) in [6.07, 6.45) is 0. The molecular formula is C56H50BN3O2. The minimum Gasteiger partial charge on any atom is -0.468 e. The van der Waals surface area contributed by atoms with Crippen molar-refractivity contribution in [1.82, 2.24) is 0 Å². The van der Waals surface area contributed by atoms with Crippen molar-refractivity contribution in [3.8, 4) is 0 Å². The lowest BCUT2D eigenvalue weighted by Crippen LogP contribution is -2.60. The Morgan fingerprint density at radius 3 is 1.35 bits per heavy atom. The largest absolute Gasteiger partial charge is 0.468 e. The molecule has 0 saturated carbocycles. The summed E-state index contributed by atoms with van der Waals surface area (Å²) in [5.41, 5.74) is 16.4. The second-order valence-electron chi connectivity index (χ2n) is 18.9. The van der Waals surface area contributed by atoms with Gasteiger partial charge in [0.15, 0.2) is 0 Å². The Hall–Kier alpha value is -6.92. The van der Waals surface area contributed by atoms with Crippen LogP contribution >= 0.6 is 0 Å². The van der Waals surface area contributed by atoms with Gasteiger partial charge in [0.05, 0.1) is 17.1 Å². The normalized spacial score (nSPS) is 14.3. The van der Waals surface area contributed by atoms with E-state index in [1.54, 1.807) is 12.1 Å². The Kier molecular flexibility index (Phi) is 7.74. The molecule has 0 atom stereocenters. The van der Waals surface area contributed by atoms with E-state index in [0.717, 1.165) is 89.9 Å². The van der Waals surface area contributed by atoms with E-state index in [4.69, 9.17) is 12.9 Å². The number of aryl methyl sites for hydroxylation is 2. The average molecular weight is 811 g/mol. The summed E-state index contributed by atoms with van der Waals surface area (Å²) in [5, 5.41) is 2.01. The summed E-state index contributed by atoms with van der Waals surface area (Å²) in [4.78, 5) is 7.00. The highest BCUT2D eigenvalue weighted by Crippen LogP contribution is 2.51. The Morgan fingerprint density at radius 2 is 0.935 bits per heavy atom. The monoisotopic (exact) mass is 810 g/mol. The third kappa shape index (κ3) is 5.99. The first-order valence-corrected chi connectivity index (χ1v) is 21.5. The Labute approximate surface area is 369 Å². The maximum Gasteiger partial charge on any atom is 0.342 e. The lowest BCUT2D eigenvalue weighted by Gasteiger charge is -2.42. The van der Waals surface area contributed by atoms with E-state index in [2.05, 4.69) is 184 Å². The highest BCUT2D eigenvalue weighted by atomic mass is 16.3. The zero-order chi connectivity index (χ0) is 45.2. The maximum absolute atomic E-state index is 8.28. The minimum absolute atomic E-state index is 0.108. The zero-order valence-electron chi connectivity index (χ0n) is 39.2. The molecule has 11 rings (SSSR count). The van der Waals surface area contributed by atoms with Crippen LogP contribution in [0.3, 0.4) is 0 Å². The number of rotatable bonds is 5. The third-order valence-electron chi connectivity index (χ3n) is 12.7. The second-order valence-corrected chi connectivity index (χ2v) is 18.9. The summed E-state index contributed by atoms with van der Waals surface area (Å²) in [6, 6.07) is 54.9. The van der Waals surface area contributed by atoms with Gasteiger partial charge in [-0.1, -0.05) is 125 Å². The summed E-state index contributed by atoms with van der Waals surface area (Å²) in [5.74, 6) is 0. The summed E-state index contributed by atoms with van der Waals surface area (Å²) >= 11 is 0. The Bertz CT molecular complexity index is 3250. The van der Waals surface area contributed by atoms with E-state index in [0.29, 0.717) is 0 Å². The highest BCUT2D eigenvalue weighted by molar-refractivity contribution is 6.99. The van der Waals surface area contributed by atoms with Gasteiger partial charge in [-0.25, -0.2) is 0 Å². The first kappa shape index (κ1) is 34.8. The number of fused-ring (bicyclic) bond motifs is 8. The molecule has 2 aliphatic heterocycles. The van der Waals surface area contributed by atoms with Gasteiger partial charge in [0.1, 0.15) is 22.5 Å². The fourth-order valence-corrected chi connectivity index (χ4v) is 9.46. The molecule has 62 heavy (non-hydrogen) atoms. The Morgan fingerprint density at radius 1 is 0.500 bits per heavy atom. The fraction of sp³-hybridized carbons (Fsp3) is 0.179. The fourth-order valence-electron chi connectivity index (χ4n) is 9.46. The second kappa shape index (κ2) is 13.8. The molecule has 2 aliphatic rings. The van der Waals surface area contributed by atoms with Crippen molar-refractivity contribution in [3.05, 3.63) is 180 Å². The molecule has 304 valence electrons. The number of furan rings is 2. The van der Waals surface area contributed by atoms with Crippen LogP contribution in [-0.4, -0.2) is 6.71 Å². The van der Waals surface area contributed by atoms with Crippen LogP contribution in [0.25, 0.3) is 21.9 Å². The third-order valence-corrected chi connectivity index (χ3v) is 12.7. The van der Waals surface area contributed by atoms with Crippen molar-refractivity contribution in [2.75, 3.05) is 14.7 Å². The van der Waals surface area contributed by atoms with Crippen LogP contribution in [-0.2, 0) is 10.8 Å². The Balaban J connectivity index is 1.31. The van der Waals surface area contributed by atoms with E-state index in [9.17, 15) is 0 Å². The molecule has 0 fully saturated rings. The van der Waals surface area contributed by atoms with Crippen molar-refractivity contribution in [3.63, 3.8) is 0 Å². The lowest BCUT2D eigenvalue weighted by atomic mass is 9.37. The van der Waals surface area contributed by atoms with Gasteiger partial charge in [-0.2, -0.15) is 0 Å². The summed E-state index contributed by atoms with van der Waals surface area (Å²) in [7, 11) is 0. The minimum atomic E-state index is -2.26. The van der Waals surface area contributed by atoms with Gasteiger partial charge >= 0.3 is 6.71 Å². The average Bonchev–Trinajstić information content (AvgIpc) is 3.85. The molecule has 4 heterocycles. The molecule has 0 radical (unpaired) electrons. The van der Waals surface area contributed by atoms with Crippen LogP contribution in [0.15, 0.2) is 167 Å². The number of hydrogen-bond donors (Lipinski definition) is 0. The summed E-state index contributed by atoms with van der Waals surface area (Å²) in [6.45, 7) is 12.9. The van der Waals surface area contributed by atoms with Crippen molar-refractivity contribution < 1.29 is 12.9 Å². The highest BCUT2D eigenvalue weighted by Gasteiger charge is 2.50. The number of hydrogen-bond acceptors (Lipinski definition) is 5. The topological polar surface area (TPSA) is 36.0 Å². The van der Waals surface area contributed by atoms with Gasteiger partial charge in [0.2, 0.25) is 0 Å². The summed E-state index contributed by atoms with van der Waals surface area (Å²) < 4.78 is 39.3. The van der Waals surface area contributed by atoms with Gasteiger partial charge in [-0.15, -0.1) is 0 Å². The van der Waals surface area contributed by atoms with Crippen LogP contribution in [0.2, 0.25) is 0 Å². The molecule has 0 spiro atoms. The lowest BCUT2D eigenvalue weighted by molar-refractivity contribution is 0.590. The van der Waals surface area contributed by atoms with E-state index >= 15 is 0 Å². The number of nitrogens with zero attached hydrogens (tertiary/aromatic N) is 3. The van der Waals surface area contributed by atoms with E-state index < -0.39 is 13.6 Å². The van der Waals surface area contributed by atoms with Gasteiger partial charge in [-0.3, -0.25) is 0 Å². The molecule has 5 nitrogen and oxygen atoms in total. The maximum atomic E-state index is 8.28. The molecule has 9 aromatic rings. The van der Waals surface area contributed by atoms with Crippen molar-refractivity contribution in [1.29, 1.82) is 0 Å². The first-order chi connectivity index (χ1) is 31.0. The van der Waals surface area contributed by atoms with E-state index in [1.807, 2.05) is 24.3 Å². The first-order valence-electron chi connectivity index (χ1n) is 23.0. The molecule has 2 aromatic heterocycles. The van der Waals surface area contributed by atoms with E-state index in [-0.39, 0.29) is 16.4 Å². The molecule has 0 aliphatic carbocycles. The van der Waals surface area contributed by atoms with E-state index in [1.165, 1.54) is 16.7 Å². The van der Waals surface area contributed by atoms with Gasteiger partial charge < -0.3 is 23.5 Å². The predicted molar refractivity (Wildman–Crippen MR) is 262 cm³/mol. The smallest absolute Gasteiger partial charge is 0.342 e. The van der Waals surface area contributed by atoms with Crippen LogP contribution in [0, 0.1) is 13.8 Å². The van der Waals surface area contributed by atoms with Crippen LogP contribution in [0.4, 0.5) is 51.2 Å². The standard InChI is InChI=1S/C56H50BN3O2/c1-35-19-25-41(26-20-35)59-46-33-43(58(39-15-11-9-12-16-39)40-17-13-10-14-18-40)34-47-50(46)57(53-51(59)44-31-37(55(3,4)5)23-29-48(44)61-53)54-52(60(47)42-27-21-36(2)22-28-42)45-32-38(56(6,7)8)24-30-49(45)62-54/h9-34H,1-8H3/i1D3. The number of para-hydroxylation sites is 2. The van der Waals surface area contributed by atoms with Gasteiger partial charge in [0.25, 0.3) is 0 Å². The van der Waals surface area contributed by atoms with Gasteiger partial charge in [0, 0.05) is 49.0 Å². The quantitative estimate of drug-likeness (QED) is 0.162. The molecule has 0 amide bonds. The molecule has 0 unspecified atom stereocenters. The van der Waals surface area contributed by atoms with Crippen molar-refractivity contribution >= 4 is 96.6 Å². The van der Waals surface area contributed by atoms with Crippen LogP contribution in [0.1, 0.15) is 67.9 Å². The van der Waals surface area contributed by atoms with Crippen LogP contribution in [0.5, 0.6) is 0 Å².